The van der Waals surface area contributed by atoms with Gasteiger partial charge in [-0.1, -0.05) is 27.7 Å². The SMILES string of the molecule is CC(C)[C@H](N)B1O[C@@H]2C[C@@H]3C[C@@H](C3(C)C)[C@]2(C)O1.O=C(O)C(F)(F)F. The van der Waals surface area contributed by atoms with Gasteiger partial charge in [-0.3, -0.25) is 0 Å². The minimum absolute atomic E-state index is 0.0206. The minimum Gasteiger partial charge on any atom is -0.475 e. The number of alkyl halides is 3. The maximum Gasteiger partial charge on any atom is 0.490 e. The molecule has 0 radical (unpaired) electrons. The van der Waals surface area contributed by atoms with E-state index in [1.54, 1.807) is 0 Å². The summed E-state index contributed by atoms with van der Waals surface area (Å²) in [4.78, 5) is 8.90. The molecule has 0 spiro atoms. The Morgan fingerprint density at radius 2 is 1.80 bits per heavy atom. The standard InChI is InChI=1S/C14H26BNO2.C2HF3O2/c1-8(2)12(16)15-17-11-7-9-6-10(13(9,3)4)14(11,5)18-15;3-2(4,5)1(6)7/h8-12H,6-7,16H2,1-5H3;(H,6,7)/t9-,10-,11+,12-,14-;/m0./s1. The van der Waals surface area contributed by atoms with Gasteiger partial charge in [0.2, 0.25) is 0 Å². The van der Waals surface area contributed by atoms with Crippen molar-refractivity contribution in [3.05, 3.63) is 0 Å². The second-order valence-corrected chi connectivity index (χ2v) is 8.46. The van der Waals surface area contributed by atoms with E-state index in [0.29, 0.717) is 17.3 Å². The molecule has 1 heterocycles. The van der Waals surface area contributed by atoms with Crippen LogP contribution in [0.15, 0.2) is 0 Å². The van der Waals surface area contributed by atoms with Crippen molar-refractivity contribution < 1.29 is 32.4 Å². The number of halogens is 3. The molecular formula is C16H27BF3NO4. The molecular weight excluding hydrogens is 338 g/mol. The quantitative estimate of drug-likeness (QED) is 0.736. The van der Waals surface area contributed by atoms with Gasteiger partial charge >= 0.3 is 19.3 Å². The summed E-state index contributed by atoms with van der Waals surface area (Å²) < 4.78 is 44.2. The highest BCUT2D eigenvalue weighted by Gasteiger charge is 2.68. The molecule has 9 heteroatoms. The molecule has 0 aromatic heterocycles. The highest BCUT2D eigenvalue weighted by molar-refractivity contribution is 6.47. The molecule has 3 aliphatic carbocycles. The Balaban J connectivity index is 0.000000277. The van der Waals surface area contributed by atoms with E-state index in [9.17, 15) is 13.2 Å². The first-order valence-corrected chi connectivity index (χ1v) is 8.60. The number of nitrogens with two attached hydrogens (primary N) is 1. The minimum atomic E-state index is -5.08. The van der Waals surface area contributed by atoms with Crippen LogP contribution in [-0.2, 0) is 14.1 Å². The van der Waals surface area contributed by atoms with Gasteiger partial charge in [-0.05, 0) is 42.9 Å². The number of carboxylic acids is 1. The van der Waals surface area contributed by atoms with Crippen molar-refractivity contribution in [2.45, 2.75) is 71.3 Å². The molecule has 1 saturated heterocycles. The van der Waals surface area contributed by atoms with Crippen molar-refractivity contribution in [1.82, 2.24) is 0 Å². The second kappa shape index (κ2) is 6.42. The molecule has 1 aliphatic heterocycles. The van der Waals surface area contributed by atoms with Crippen LogP contribution in [0.4, 0.5) is 13.2 Å². The summed E-state index contributed by atoms with van der Waals surface area (Å²) in [5.74, 6) is -0.960. The number of carboxylic acid groups (broad SMARTS) is 1. The summed E-state index contributed by atoms with van der Waals surface area (Å²) >= 11 is 0. The summed E-state index contributed by atoms with van der Waals surface area (Å²) in [6, 6.07) is 0. The Bertz CT molecular complexity index is 528. The molecule has 4 fully saturated rings. The topological polar surface area (TPSA) is 81.8 Å². The first-order chi connectivity index (χ1) is 11.2. The van der Waals surface area contributed by atoms with Crippen molar-refractivity contribution in [1.29, 1.82) is 0 Å². The van der Waals surface area contributed by atoms with Crippen LogP contribution in [0.5, 0.6) is 0 Å². The Morgan fingerprint density at radius 1 is 1.28 bits per heavy atom. The van der Waals surface area contributed by atoms with E-state index < -0.39 is 12.1 Å². The molecule has 0 aromatic carbocycles. The number of carbonyl (C=O) groups is 1. The smallest absolute Gasteiger partial charge is 0.475 e. The van der Waals surface area contributed by atoms with E-state index in [4.69, 9.17) is 24.9 Å². The fourth-order valence-corrected chi connectivity index (χ4v) is 4.38. The monoisotopic (exact) mass is 365 g/mol. The lowest BCUT2D eigenvalue weighted by Gasteiger charge is -2.64. The van der Waals surface area contributed by atoms with Crippen LogP contribution in [0.25, 0.3) is 0 Å². The number of rotatable bonds is 2. The highest BCUT2D eigenvalue weighted by Crippen LogP contribution is 2.65. The zero-order valence-corrected chi connectivity index (χ0v) is 15.3. The van der Waals surface area contributed by atoms with Crippen molar-refractivity contribution in [2.75, 3.05) is 0 Å². The van der Waals surface area contributed by atoms with Crippen LogP contribution in [0.2, 0.25) is 0 Å². The van der Waals surface area contributed by atoms with Gasteiger partial charge in [-0.15, -0.1) is 0 Å². The Morgan fingerprint density at radius 3 is 2.20 bits per heavy atom. The van der Waals surface area contributed by atoms with Gasteiger partial charge in [0, 0.05) is 5.94 Å². The largest absolute Gasteiger partial charge is 0.490 e. The lowest BCUT2D eigenvalue weighted by Crippen LogP contribution is -2.65. The van der Waals surface area contributed by atoms with Crippen molar-refractivity contribution in [3.8, 4) is 0 Å². The first kappa shape index (κ1) is 20.5. The lowest BCUT2D eigenvalue weighted by atomic mass is 9.43. The number of hydrogen-bond acceptors (Lipinski definition) is 4. The van der Waals surface area contributed by atoms with Gasteiger partial charge in [-0.25, -0.2) is 4.79 Å². The summed E-state index contributed by atoms with van der Waals surface area (Å²) in [6.07, 6.45) is -2.39. The molecule has 25 heavy (non-hydrogen) atoms. The summed E-state index contributed by atoms with van der Waals surface area (Å²) in [5, 5.41) is 7.12. The van der Waals surface area contributed by atoms with E-state index in [1.165, 1.54) is 6.42 Å². The van der Waals surface area contributed by atoms with Crippen molar-refractivity contribution >= 4 is 13.1 Å². The summed E-state index contributed by atoms with van der Waals surface area (Å²) in [5.41, 5.74) is 6.50. The molecule has 0 aromatic rings. The Labute approximate surface area is 146 Å². The zero-order valence-electron chi connectivity index (χ0n) is 15.3. The maximum atomic E-state index is 10.6. The van der Waals surface area contributed by atoms with E-state index in [0.717, 1.165) is 12.3 Å². The van der Waals surface area contributed by atoms with Gasteiger partial charge in [-0.2, -0.15) is 13.2 Å². The Kier molecular flexibility index (Phi) is 5.27. The predicted molar refractivity (Wildman–Crippen MR) is 86.6 cm³/mol. The molecule has 4 rings (SSSR count). The zero-order chi connectivity index (χ0) is 19.4. The number of aliphatic carboxylic acids is 1. The molecule has 144 valence electrons. The van der Waals surface area contributed by atoms with Crippen molar-refractivity contribution in [2.24, 2.45) is 28.9 Å². The first-order valence-electron chi connectivity index (χ1n) is 8.60. The average Bonchev–Trinajstić information content (AvgIpc) is 2.82. The molecule has 4 aliphatic rings. The second-order valence-electron chi connectivity index (χ2n) is 8.46. The van der Waals surface area contributed by atoms with Crippen LogP contribution >= 0.6 is 0 Å². The fraction of sp³-hybridized carbons (Fsp3) is 0.938. The Hall–Kier alpha value is -0.795. The van der Waals surface area contributed by atoms with Crippen LogP contribution < -0.4 is 5.73 Å². The van der Waals surface area contributed by atoms with Gasteiger partial charge in [0.05, 0.1) is 11.7 Å². The molecule has 0 amide bonds. The third-order valence-corrected chi connectivity index (χ3v) is 6.30. The average molecular weight is 365 g/mol. The van der Waals surface area contributed by atoms with Crippen molar-refractivity contribution in [3.63, 3.8) is 0 Å². The number of hydrogen-bond donors (Lipinski definition) is 2. The lowest BCUT2D eigenvalue weighted by molar-refractivity contribution is -0.199. The molecule has 3 saturated carbocycles. The third kappa shape index (κ3) is 3.55. The van der Waals surface area contributed by atoms with E-state index >= 15 is 0 Å². The summed E-state index contributed by atoms with van der Waals surface area (Å²) in [7, 11) is -0.213. The summed E-state index contributed by atoms with van der Waals surface area (Å²) in [6.45, 7) is 11.3. The maximum absolute atomic E-state index is 10.6. The molecule has 5 nitrogen and oxygen atoms in total. The van der Waals surface area contributed by atoms with Crippen LogP contribution in [0.1, 0.15) is 47.5 Å². The molecule has 5 atom stereocenters. The van der Waals surface area contributed by atoms with E-state index in [-0.39, 0.29) is 24.8 Å². The molecule has 0 unspecified atom stereocenters. The van der Waals surface area contributed by atoms with Gasteiger partial charge in [0.1, 0.15) is 0 Å². The highest BCUT2D eigenvalue weighted by atomic mass is 19.4. The van der Waals surface area contributed by atoms with Gasteiger partial charge in [0.15, 0.2) is 0 Å². The fourth-order valence-electron chi connectivity index (χ4n) is 4.38. The van der Waals surface area contributed by atoms with Gasteiger partial charge in [0.25, 0.3) is 0 Å². The van der Waals surface area contributed by atoms with Crippen LogP contribution in [0, 0.1) is 23.2 Å². The predicted octanol–water partition coefficient (Wildman–Crippen LogP) is 2.87. The van der Waals surface area contributed by atoms with Gasteiger partial charge < -0.3 is 20.1 Å². The molecule has 3 N–H and O–H groups in total. The van der Waals surface area contributed by atoms with E-state index in [1.807, 2.05) is 0 Å². The van der Waals surface area contributed by atoms with E-state index in [2.05, 4.69) is 34.6 Å². The normalized spacial score (nSPS) is 36.9. The molecule has 2 bridgehead atoms. The van der Waals surface area contributed by atoms with Crippen LogP contribution in [-0.4, -0.2) is 42.0 Å². The van der Waals surface area contributed by atoms with Crippen LogP contribution in [0.3, 0.4) is 0 Å². The third-order valence-electron chi connectivity index (χ3n) is 6.30.